The summed E-state index contributed by atoms with van der Waals surface area (Å²) in [6, 6.07) is 12.6. The van der Waals surface area contributed by atoms with Crippen LogP contribution in [0, 0.1) is 19.8 Å². The van der Waals surface area contributed by atoms with Gasteiger partial charge in [-0.15, -0.1) is 0 Å². The Morgan fingerprint density at radius 2 is 1.76 bits per heavy atom. The molecule has 0 bridgehead atoms. The number of aryl methyl sites for hydroxylation is 2. The van der Waals surface area contributed by atoms with E-state index in [1.165, 1.54) is 0 Å². The molecule has 4 rings (SSSR count). The van der Waals surface area contributed by atoms with Crippen molar-refractivity contribution in [3.05, 3.63) is 70.3 Å². The highest BCUT2D eigenvalue weighted by atomic mass is 16.5. The van der Waals surface area contributed by atoms with Crippen molar-refractivity contribution in [1.29, 1.82) is 0 Å². The number of aliphatic hydroxyl groups is 1. The molecule has 0 saturated carbocycles. The van der Waals surface area contributed by atoms with Crippen LogP contribution in [0.4, 0.5) is 0 Å². The van der Waals surface area contributed by atoms with E-state index in [1.54, 1.807) is 17.0 Å². The van der Waals surface area contributed by atoms with Gasteiger partial charge in [0.15, 0.2) is 0 Å². The minimum absolute atomic E-state index is 0.138. The van der Waals surface area contributed by atoms with Gasteiger partial charge in [-0.05, 0) is 55.5 Å². The molecule has 2 aromatic carbocycles. The van der Waals surface area contributed by atoms with Gasteiger partial charge in [0, 0.05) is 31.7 Å². The lowest BCUT2D eigenvalue weighted by Crippen LogP contribution is -2.38. The van der Waals surface area contributed by atoms with Gasteiger partial charge in [-0.3, -0.25) is 14.5 Å². The number of aliphatic hydroxyl groups excluding tert-OH is 1. The molecule has 2 aliphatic rings. The Hall–Kier alpha value is -3.16. The van der Waals surface area contributed by atoms with E-state index < -0.39 is 17.7 Å². The Balaban J connectivity index is 1.65. The number of morpholine rings is 1. The minimum Gasteiger partial charge on any atom is -0.507 e. The molecule has 1 amide bonds. The van der Waals surface area contributed by atoms with Crippen LogP contribution in [0.1, 0.15) is 48.6 Å². The van der Waals surface area contributed by atoms with Gasteiger partial charge < -0.3 is 19.5 Å². The first-order valence-corrected chi connectivity index (χ1v) is 13.1. The van der Waals surface area contributed by atoms with Gasteiger partial charge in [0.2, 0.25) is 0 Å². The first-order valence-electron chi connectivity index (χ1n) is 13.1. The number of ether oxygens (including phenoxy) is 2. The van der Waals surface area contributed by atoms with Crippen LogP contribution in [0.25, 0.3) is 5.76 Å². The smallest absolute Gasteiger partial charge is 0.295 e. The third kappa shape index (κ3) is 6.22. The molecule has 2 aromatic rings. The Labute approximate surface area is 219 Å². The number of hydrogen-bond acceptors (Lipinski definition) is 6. The van der Waals surface area contributed by atoms with Crippen molar-refractivity contribution < 1.29 is 24.2 Å². The lowest BCUT2D eigenvalue weighted by molar-refractivity contribution is -0.140. The molecule has 2 fully saturated rings. The average Bonchev–Trinajstić information content (AvgIpc) is 3.13. The molecule has 0 aliphatic carbocycles. The molecule has 7 nitrogen and oxygen atoms in total. The SMILES string of the molecule is Cc1ccc([C@H]2/C(=C(\O)c3ccc(OCC(C)C)cc3C)C(=O)C(=O)N2CCCN2CCOCC2)cc1. The summed E-state index contributed by atoms with van der Waals surface area (Å²) in [5.41, 5.74) is 3.34. The number of likely N-dealkylation sites (tertiary alicyclic amines) is 1. The summed E-state index contributed by atoms with van der Waals surface area (Å²) in [5.74, 6) is -0.256. The van der Waals surface area contributed by atoms with Gasteiger partial charge in [0.25, 0.3) is 11.7 Å². The van der Waals surface area contributed by atoms with Crippen molar-refractivity contribution in [3.63, 3.8) is 0 Å². The highest BCUT2D eigenvalue weighted by molar-refractivity contribution is 6.46. The van der Waals surface area contributed by atoms with Crippen LogP contribution in [0.2, 0.25) is 0 Å². The molecular formula is C30H38N2O5. The van der Waals surface area contributed by atoms with E-state index >= 15 is 0 Å². The third-order valence-electron chi connectivity index (χ3n) is 6.95. The lowest BCUT2D eigenvalue weighted by atomic mass is 9.93. The number of carbonyl (C=O) groups is 2. The number of benzene rings is 2. The molecule has 2 aliphatic heterocycles. The Bertz CT molecular complexity index is 1150. The van der Waals surface area contributed by atoms with Crippen molar-refractivity contribution in [2.24, 2.45) is 5.92 Å². The van der Waals surface area contributed by atoms with Crippen LogP contribution in [0.5, 0.6) is 5.75 Å². The monoisotopic (exact) mass is 506 g/mol. The maximum atomic E-state index is 13.3. The molecule has 0 aromatic heterocycles. The van der Waals surface area contributed by atoms with Gasteiger partial charge >= 0.3 is 0 Å². The fraction of sp³-hybridized carbons (Fsp3) is 0.467. The van der Waals surface area contributed by atoms with Gasteiger partial charge in [-0.2, -0.15) is 0 Å². The van der Waals surface area contributed by atoms with Crippen LogP contribution in [0.15, 0.2) is 48.0 Å². The Morgan fingerprint density at radius 3 is 2.41 bits per heavy atom. The van der Waals surface area contributed by atoms with Crippen LogP contribution < -0.4 is 4.74 Å². The number of ketones is 1. The summed E-state index contributed by atoms with van der Waals surface area (Å²) in [5, 5.41) is 11.4. The highest BCUT2D eigenvalue weighted by Crippen LogP contribution is 2.40. The predicted octanol–water partition coefficient (Wildman–Crippen LogP) is 4.48. The molecule has 0 unspecified atom stereocenters. The van der Waals surface area contributed by atoms with Gasteiger partial charge in [0.05, 0.1) is 31.4 Å². The van der Waals surface area contributed by atoms with Crippen molar-refractivity contribution in [2.45, 2.75) is 40.2 Å². The Kier molecular flexibility index (Phi) is 8.67. The summed E-state index contributed by atoms with van der Waals surface area (Å²) in [7, 11) is 0. The first-order chi connectivity index (χ1) is 17.8. The molecule has 0 radical (unpaired) electrons. The molecule has 1 N–H and O–H groups in total. The van der Waals surface area contributed by atoms with Gasteiger partial charge in [-0.1, -0.05) is 43.7 Å². The second-order valence-corrected chi connectivity index (χ2v) is 10.4. The molecule has 2 saturated heterocycles. The zero-order valence-electron chi connectivity index (χ0n) is 22.3. The van der Waals surface area contributed by atoms with Crippen molar-refractivity contribution in [1.82, 2.24) is 9.80 Å². The molecule has 1 atom stereocenters. The summed E-state index contributed by atoms with van der Waals surface area (Å²) < 4.78 is 11.2. The molecule has 37 heavy (non-hydrogen) atoms. The van der Waals surface area contributed by atoms with Crippen molar-refractivity contribution >= 4 is 17.4 Å². The van der Waals surface area contributed by atoms with E-state index in [2.05, 4.69) is 18.7 Å². The van der Waals surface area contributed by atoms with Crippen molar-refractivity contribution in [2.75, 3.05) is 46.0 Å². The largest absolute Gasteiger partial charge is 0.507 e. The topological polar surface area (TPSA) is 79.3 Å². The number of nitrogens with zero attached hydrogens (tertiary/aromatic N) is 2. The van der Waals surface area contributed by atoms with Crippen LogP contribution >= 0.6 is 0 Å². The average molecular weight is 507 g/mol. The van der Waals surface area contributed by atoms with E-state index in [9.17, 15) is 14.7 Å². The number of hydrogen-bond donors (Lipinski definition) is 1. The van der Waals surface area contributed by atoms with E-state index in [4.69, 9.17) is 9.47 Å². The van der Waals surface area contributed by atoms with Gasteiger partial charge in [0.1, 0.15) is 11.5 Å². The van der Waals surface area contributed by atoms with Crippen molar-refractivity contribution in [3.8, 4) is 5.75 Å². The number of rotatable bonds is 9. The predicted molar refractivity (Wildman–Crippen MR) is 144 cm³/mol. The van der Waals surface area contributed by atoms with Crippen LogP contribution in [0.3, 0.4) is 0 Å². The molecule has 198 valence electrons. The summed E-state index contributed by atoms with van der Waals surface area (Å²) >= 11 is 0. The number of Topliss-reactive ketones (excluding diaryl/α,β-unsaturated/α-hetero) is 1. The molecule has 0 spiro atoms. The van der Waals surface area contributed by atoms with Crippen LogP contribution in [-0.4, -0.2) is 72.6 Å². The first kappa shape index (κ1) is 26.9. The standard InChI is InChI=1S/C30H38N2O5/c1-20(2)19-37-24-10-11-25(22(4)18-24)28(33)26-27(23-8-6-21(3)7-9-23)32(30(35)29(26)34)13-5-12-31-14-16-36-17-15-31/h6-11,18,20,27,33H,5,12-17,19H2,1-4H3/b28-26+/t27-/m0/s1. The fourth-order valence-electron chi connectivity index (χ4n) is 4.89. The minimum atomic E-state index is -0.644. The normalized spacial score (nSPS) is 20.1. The summed E-state index contributed by atoms with van der Waals surface area (Å²) in [6.07, 6.45) is 0.732. The number of carbonyl (C=O) groups excluding carboxylic acids is 2. The van der Waals surface area contributed by atoms with Gasteiger partial charge in [-0.25, -0.2) is 0 Å². The summed E-state index contributed by atoms with van der Waals surface area (Å²) in [6.45, 7) is 13.0. The molecular weight excluding hydrogens is 468 g/mol. The van der Waals surface area contributed by atoms with E-state index in [0.29, 0.717) is 43.6 Å². The lowest BCUT2D eigenvalue weighted by Gasteiger charge is -2.29. The highest BCUT2D eigenvalue weighted by Gasteiger charge is 2.46. The van der Waals surface area contributed by atoms with E-state index in [-0.39, 0.29) is 11.3 Å². The third-order valence-corrected chi connectivity index (χ3v) is 6.95. The molecule has 7 heteroatoms. The van der Waals surface area contributed by atoms with Crippen LogP contribution in [-0.2, 0) is 14.3 Å². The number of amides is 1. The van der Waals surface area contributed by atoms with E-state index in [1.807, 2.05) is 44.2 Å². The molecule has 2 heterocycles. The Morgan fingerprint density at radius 1 is 1.05 bits per heavy atom. The fourth-order valence-corrected chi connectivity index (χ4v) is 4.89. The maximum Gasteiger partial charge on any atom is 0.295 e. The quantitative estimate of drug-likeness (QED) is 0.307. The zero-order chi connectivity index (χ0) is 26.5. The zero-order valence-corrected chi connectivity index (χ0v) is 22.3. The van der Waals surface area contributed by atoms with E-state index in [0.717, 1.165) is 42.7 Å². The second-order valence-electron chi connectivity index (χ2n) is 10.4. The maximum absolute atomic E-state index is 13.3. The summed E-state index contributed by atoms with van der Waals surface area (Å²) in [4.78, 5) is 30.5. The second kappa shape index (κ2) is 11.9.